The molecule has 1 aromatic heterocycles. The van der Waals surface area contributed by atoms with Gasteiger partial charge in [0, 0.05) is 12.5 Å². The van der Waals surface area contributed by atoms with Crippen molar-refractivity contribution in [2.75, 3.05) is 6.54 Å². The van der Waals surface area contributed by atoms with E-state index < -0.39 is 23.2 Å². The third kappa shape index (κ3) is 6.25. The van der Waals surface area contributed by atoms with Gasteiger partial charge in [0.15, 0.2) is 0 Å². The van der Waals surface area contributed by atoms with E-state index in [1.165, 1.54) is 10.6 Å². The molecule has 0 bridgehead atoms. The second-order valence-electron chi connectivity index (χ2n) is 9.39. The van der Waals surface area contributed by atoms with Crippen LogP contribution in [0.2, 0.25) is 0 Å². The van der Waals surface area contributed by atoms with Gasteiger partial charge in [-0.15, -0.1) is 0 Å². The Morgan fingerprint density at radius 1 is 0.946 bits per heavy atom. The SMILES string of the molecule is CC(C)C(CNC(=O)Cc1ccccc1)c1nc2cc(C(F)(F)F)ccc2c(=O)n1Cc1ccccc1. The quantitative estimate of drug-likeness (QED) is 0.340. The number of amides is 1. The van der Waals surface area contributed by atoms with E-state index in [9.17, 15) is 22.8 Å². The molecule has 192 valence electrons. The Morgan fingerprint density at radius 3 is 2.16 bits per heavy atom. The van der Waals surface area contributed by atoms with Crippen LogP contribution in [0.15, 0.2) is 83.7 Å². The summed E-state index contributed by atoms with van der Waals surface area (Å²) >= 11 is 0. The number of carbonyl (C=O) groups excluding carboxylic acids is 1. The van der Waals surface area contributed by atoms with Crippen molar-refractivity contribution >= 4 is 16.8 Å². The molecule has 1 heterocycles. The van der Waals surface area contributed by atoms with Gasteiger partial charge in [0.05, 0.1) is 29.4 Å². The highest BCUT2D eigenvalue weighted by Crippen LogP contribution is 2.31. The molecular weight excluding hydrogens is 479 g/mol. The number of rotatable bonds is 8. The topological polar surface area (TPSA) is 64.0 Å². The molecule has 5 nitrogen and oxygen atoms in total. The zero-order valence-corrected chi connectivity index (χ0v) is 20.6. The minimum atomic E-state index is -4.56. The van der Waals surface area contributed by atoms with Crippen LogP contribution in [0.4, 0.5) is 13.2 Å². The van der Waals surface area contributed by atoms with E-state index in [2.05, 4.69) is 10.3 Å². The minimum Gasteiger partial charge on any atom is -0.355 e. The maximum atomic E-state index is 13.6. The van der Waals surface area contributed by atoms with Crippen molar-refractivity contribution in [1.29, 1.82) is 0 Å². The molecular formula is C29H28F3N3O2. The molecule has 3 aromatic carbocycles. The number of halogens is 3. The zero-order valence-electron chi connectivity index (χ0n) is 20.6. The number of fused-ring (bicyclic) bond motifs is 1. The van der Waals surface area contributed by atoms with Gasteiger partial charge in [-0.3, -0.25) is 14.2 Å². The fraction of sp³-hybridized carbons (Fsp3) is 0.276. The Bertz CT molecular complexity index is 1430. The molecule has 0 saturated carbocycles. The summed E-state index contributed by atoms with van der Waals surface area (Å²) in [6.45, 7) is 4.27. The van der Waals surface area contributed by atoms with E-state index in [1.807, 2.05) is 74.5 Å². The number of carbonyl (C=O) groups is 1. The Morgan fingerprint density at radius 2 is 1.57 bits per heavy atom. The van der Waals surface area contributed by atoms with Gasteiger partial charge in [-0.1, -0.05) is 74.5 Å². The first kappa shape index (κ1) is 26.1. The third-order valence-electron chi connectivity index (χ3n) is 6.36. The van der Waals surface area contributed by atoms with Crippen molar-refractivity contribution in [3.8, 4) is 0 Å². The largest absolute Gasteiger partial charge is 0.416 e. The molecule has 4 rings (SSSR count). The van der Waals surface area contributed by atoms with Crippen LogP contribution in [-0.4, -0.2) is 22.0 Å². The van der Waals surface area contributed by atoms with Crippen LogP contribution in [0.1, 0.15) is 42.3 Å². The zero-order chi connectivity index (χ0) is 26.6. The predicted molar refractivity (Wildman–Crippen MR) is 137 cm³/mol. The van der Waals surface area contributed by atoms with E-state index in [0.717, 1.165) is 23.3 Å². The number of hydrogen-bond donors (Lipinski definition) is 1. The lowest BCUT2D eigenvalue weighted by Crippen LogP contribution is -2.36. The maximum absolute atomic E-state index is 13.6. The van der Waals surface area contributed by atoms with Gasteiger partial charge in [-0.2, -0.15) is 13.2 Å². The first-order valence-corrected chi connectivity index (χ1v) is 12.1. The average Bonchev–Trinajstić information content (AvgIpc) is 2.86. The first-order chi connectivity index (χ1) is 17.6. The van der Waals surface area contributed by atoms with Crippen molar-refractivity contribution in [2.24, 2.45) is 5.92 Å². The van der Waals surface area contributed by atoms with Crippen LogP contribution in [0.5, 0.6) is 0 Å². The van der Waals surface area contributed by atoms with Crippen molar-refractivity contribution in [2.45, 2.75) is 38.9 Å². The van der Waals surface area contributed by atoms with Crippen molar-refractivity contribution in [3.05, 3.63) is 112 Å². The summed E-state index contributed by atoms with van der Waals surface area (Å²) in [5.41, 5.74) is 0.426. The van der Waals surface area contributed by atoms with E-state index in [-0.39, 0.29) is 42.2 Å². The summed E-state index contributed by atoms with van der Waals surface area (Å²) in [4.78, 5) is 30.8. The number of nitrogens with one attached hydrogen (secondary N) is 1. The standard InChI is InChI=1S/C29H28F3N3O2/c1-19(2)24(17-33-26(36)15-20-9-5-3-6-10-20)27-34-25-16-22(29(30,31)32)13-14-23(25)28(37)35(27)18-21-11-7-4-8-12-21/h3-14,16,19,24H,15,17-18H2,1-2H3,(H,33,36). The molecule has 0 aliphatic heterocycles. The summed E-state index contributed by atoms with van der Waals surface area (Å²) in [7, 11) is 0. The Labute approximate surface area is 213 Å². The molecule has 4 aromatic rings. The monoisotopic (exact) mass is 507 g/mol. The predicted octanol–water partition coefficient (Wildman–Crippen LogP) is 5.56. The maximum Gasteiger partial charge on any atom is 0.416 e. The molecule has 0 fully saturated rings. The lowest BCUT2D eigenvalue weighted by molar-refractivity contribution is -0.137. The molecule has 0 spiro atoms. The molecule has 1 amide bonds. The second-order valence-corrected chi connectivity index (χ2v) is 9.39. The smallest absolute Gasteiger partial charge is 0.355 e. The second kappa shape index (κ2) is 11.0. The van der Waals surface area contributed by atoms with E-state index in [0.29, 0.717) is 5.82 Å². The Hall–Kier alpha value is -3.94. The number of hydrogen-bond acceptors (Lipinski definition) is 3. The normalized spacial score (nSPS) is 12.6. The molecule has 0 aliphatic carbocycles. The van der Waals surface area contributed by atoms with Gasteiger partial charge in [0.25, 0.3) is 5.56 Å². The van der Waals surface area contributed by atoms with E-state index >= 15 is 0 Å². The fourth-order valence-electron chi connectivity index (χ4n) is 4.31. The molecule has 0 radical (unpaired) electrons. The van der Waals surface area contributed by atoms with Gasteiger partial charge in [-0.05, 0) is 35.2 Å². The van der Waals surface area contributed by atoms with Gasteiger partial charge in [0.2, 0.25) is 5.91 Å². The van der Waals surface area contributed by atoms with Gasteiger partial charge in [0.1, 0.15) is 5.82 Å². The number of nitrogens with zero attached hydrogens (tertiary/aromatic N) is 2. The van der Waals surface area contributed by atoms with Crippen LogP contribution >= 0.6 is 0 Å². The van der Waals surface area contributed by atoms with Crippen LogP contribution in [0.3, 0.4) is 0 Å². The Kier molecular flexibility index (Phi) is 7.76. The summed E-state index contributed by atoms with van der Waals surface area (Å²) in [6.07, 6.45) is -4.36. The van der Waals surface area contributed by atoms with Crippen LogP contribution < -0.4 is 10.9 Å². The van der Waals surface area contributed by atoms with Crippen molar-refractivity contribution in [1.82, 2.24) is 14.9 Å². The van der Waals surface area contributed by atoms with Gasteiger partial charge < -0.3 is 5.32 Å². The first-order valence-electron chi connectivity index (χ1n) is 12.1. The van der Waals surface area contributed by atoms with Crippen LogP contribution in [0, 0.1) is 5.92 Å². The minimum absolute atomic E-state index is 0.0135. The number of aromatic nitrogens is 2. The Balaban J connectivity index is 1.75. The molecule has 8 heteroatoms. The highest BCUT2D eigenvalue weighted by atomic mass is 19.4. The van der Waals surface area contributed by atoms with Crippen molar-refractivity contribution in [3.63, 3.8) is 0 Å². The highest BCUT2D eigenvalue weighted by molar-refractivity contribution is 5.79. The summed E-state index contributed by atoms with van der Waals surface area (Å²) < 4.78 is 41.7. The summed E-state index contributed by atoms with van der Waals surface area (Å²) in [5.74, 6) is -0.311. The lowest BCUT2D eigenvalue weighted by Gasteiger charge is -2.25. The van der Waals surface area contributed by atoms with E-state index in [4.69, 9.17) is 0 Å². The highest BCUT2D eigenvalue weighted by Gasteiger charge is 2.31. The summed E-state index contributed by atoms with van der Waals surface area (Å²) in [5, 5.41) is 3.05. The fourth-order valence-corrected chi connectivity index (χ4v) is 4.31. The van der Waals surface area contributed by atoms with E-state index in [1.54, 1.807) is 0 Å². The number of alkyl halides is 3. The van der Waals surface area contributed by atoms with Gasteiger partial charge >= 0.3 is 6.18 Å². The molecule has 1 atom stereocenters. The molecule has 1 unspecified atom stereocenters. The van der Waals surface area contributed by atoms with Crippen molar-refractivity contribution < 1.29 is 18.0 Å². The molecule has 0 saturated heterocycles. The van der Waals surface area contributed by atoms with Crippen LogP contribution in [-0.2, 0) is 23.9 Å². The third-order valence-corrected chi connectivity index (χ3v) is 6.36. The van der Waals surface area contributed by atoms with Crippen LogP contribution in [0.25, 0.3) is 10.9 Å². The lowest BCUT2D eigenvalue weighted by atomic mass is 9.93. The summed E-state index contributed by atoms with van der Waals surface area (Å²) in [6, 6.07) is 21.6. The molecule has 37 heavy (non-hydrogen) atoms. The van der Waals surface area contributed by atoms with Gasteiger partial charge in [-0.25, -0.2) is 4.98 Å². The molecule has 0 aliphatic rings. The average molecular weight is 508 g/mol. The molecule has 1 N–H and O–H groups in total. The number of benzene rings is 3.